The molecule has 6 nitrogen and oxygen atoms in total. The number of likely N-dealkylation sites (tertiary alicyclic amines) is 1. The molecule has 2 aromatic rings. The van der Waals surface area contributed by atoms with E-state index in [9.17, 15) is 14.4 Å². The van der Waals surface area contributed by atoms with Crippen LogP contribution < -0.4 is 4.90 Å². The van der Waals surface area contributed by atoms with E-state index in [1.807, 2.05) is 37.3 Å². The molecule has 138 valence electrons. The van der Waals surface area contributed by atoms with Crippen LogP contribution in [0.3, 0.4) is 0 Å². The molecule has 1 saturated heterocycles. The van der Waals surface area contributed by atoms with Gasteiger partial charge < -0.3 is 4.42 Å². The first-order valence-corrected chi connectivity index (χ1v) is 8.98. The van der Waals surface area contributed by atoms with Crippen LogP contribution in [-0.2, 0) is 9.59 Å². The molecule has 2 atom stereocenters. The molecule has 1 aliphatic carbocycles. The van der Waals surface area contributed by atoms with E-state index < -0.39 is 0 Å². The minimum absolute atomic E-state index is 0.117. The zero-order chi connectivity index (χ0) is 19.0. The van der Waals surface area contributed by atoms with Crippen molar-refractivity contribution in [2.24, 2.45) is 11.8 Å². The van der Waals surface area contributed by atoms with E-state index in [0.29, 0.717) is 18.5 Å². The van der Waals surface area contributed by atoms with Crippen molar-refractivity contribution in [3.63, 3.8) is 0 Å². The fraction of sp³-hybridized carbons (Fsp3) is 0.286. The lowest BCUT2D eigenvalue weighted by atomic mass is 9.85. The molecule has 0 saturated carbocycles. The summed E-state index contributed by atoms with van der Waals surface area (Å²) in [5.74, 6) is -1.28. The Labute approximate surface area is 157 Å². The highest BCUT2D eigenvalue weighted by molar-refractivity contribution is 6.08. The molecule has 2 heterocycles. The molecule has 1 aromatic carbocycles. The number of nitrogens with zero attached hydrogens (tertiary/aromatic N) is 2. The minimum atomic E-state index is -0.390. The highest BCUT2D eigenvalue weighted by Gasteiger charge is 2.48. The van der Waals surface area contributed by atoms with Gasteiger partial charge in [0.15, 0.2) is 5.76 Å². The standard InChI is InChI=1S/C21H20N2O4/c1-14-6-4-7-15(12-14)22(21(26)18-10-5-11-27-18)13-23-19(24)16-8-2-3-9-17(16)20(23)25/h2-7,10-12,16-17H,8-9,13H2,1H3/t16-,17-/m1/s1. The van der Waals surface area contributed by atoms with Gasteiger partial charge in [-0.1, -0.05) is 24.3 Å². The van der Waals surface area contributed by atoms with Crippen LogP contribution in [0.15, 0.2) is 59.2 Å². The number of fused-ring (bicyclic) bond motifs is 1. The minimum Gasteiger partial charge on any atom is -0.459 e. The van der Waals surface area contributed by atoms with Gasteiger partial charge in [0.1, 0.15) is 6.67 Å². The second kappa shape index (κ2) is 6.87. The predicted molar refractivity (Wildman–Crippen MR) is 98.8 cm³/mol. The Morgan fingerprint density at radius 2 is 1.81 bits per heavy atom. The number of hydrogen-bond donors (Lipinski definition) is 0. The van der Waals surface area contributed by atoms with E-state index in [-0.39, 0.29) is 42.0 Å². The summed E-state index contributed by atoms with van der Waals surface area (Å²) in [6, 6.07) is 10.6. The summed E-state index contributed by atoms with van der Waals surface area (Å²) >= 11 is 0. The van der Waals surface area contributed by atoms with E-state index in [4.69, 9.17) is 4.42 Å². The van der Waals surface area contributed by atoms with Crippen LogP contribution in [0, 0.1) is 18.8 Å². The molecule has 0 bridgehead atoms. The first-order valence-electron chi connectivity index (χ1n) is 8.98. The van der Waals surface area contributed by atoms with Crippen LogP contribution in [0.25, 0.3) is 0 Å². The topological polar surface area (TPSA) is 70.8 Å². The van der Waals surface area contributed by atoms with Crippen molar-refractivity contribution < 1.29 is 18.8 Å². The second-order valence-electron chi connectivity index (χ2n) is 6.95. The number of hydrogen-bond acceptors (Lipinski definition) is 4. The molecule has 0 spiro atoms. The maximum Gasteiger partial charge on any atom is 0.295 e. The molecule has 0 N–H and O–H groups in total. The number of rotatable bonds is 4. The average molecular weight is 364 g/mol. The van der Waals surface area contributed by atoms with E-state index in [2.05, 4.69) is 0 Å². The Kier molecular flexibility index (Phi) is 4.39. The van der Waals surface area contributed by atoms with Gasteiger partial charge in [-0.15, -0.1) is 0 Å². The number of furan rings is 1. The largest absolute Gasteiger partial charge is 0.459 e. The summed E-state index contributed by atoms with van der Waals surface area (Å²) in [6.45, 7) is 1.80. The number of benzene rings is 1. The monoisotopic (exact) mass is 364 g/mol. The lowest BCUT2D eigenvalue weighted by Crippen LogP contribution is -2.44. The third kappa shape index (κ3) is 3.07. The van der Waals surface area contributed by atoms with Crippen molar-refractivity contribution in [2.75, 3.05) is 11.6 Å². The number of amides is 3. The normalized spacial score (nSPS) is 21.4. The first kappa shape index (κ1) is 17.3. The second-order valence-corrected chi connectivity index (χ2v) is 6.95. The molecule has 27 heavy (non-hydrogen) atoms. The number of carbonyl (C=O) groups is 3. The van der Waals surface area contributed by atoms with Gasteiger partial charge in [-0.3, -0.25) is 24.2 Å². The van der Waals surface area contributed by atoms with Crippen LogP contribution in [0.2, 0.25) is 0 Å². The molecular weight excluding hydrogens is 344 g/mol. The first-order chi connectivity index (χ1) is 13.1. The van der Waals surface area contributed by atoms with Crippen LogP contribution in [-0.4, -0.2) is 29.3 Å². The van der Waals surface area contributed by atoms with Crippen molar-refractivity contribution in [2.45, 2.75) is 19.8 Å². The Morgan fingerprint density at radius 3 is 2.41 bits per heavy atom. The zero-order valence-electron chi connectivity index (χ0n) is 15.0. The molecular formula is C21H20N2O4. The molecule has 1 fully saturated rings. The van der Waals surface area contributed by atoms with Gasteiger partial charge in [0, 0.05) is 5.69 Å². The molecule has 1 aromatic heterocycles. The van der Waals surface area contributed by atoms with E-state index >= 15 is 0 Å². The third-order valence-corrected chi connectivity index (χ3v) is 5.17. The third-order valence-electron chi connectivity index (χ3n) is 5.17. The Balaban J connectivity index is 1.66. The number of allylic oxidation sites excluding steroid dienone is 2. The average Bonchev–Trinajstić information content (AvgIpc) is 3.29. The fourth-order valence-corrected chi connectivity index (χ4v) is 3.74. The SMILES string of the molecule is Cc1cccc(N(CN2C(=O)[C@@H]3CC=CC[C@H]3C2=O)C(=O)c2ccco2)c1. The molecule has 4 rings (SSSR count). The molecule has 1 aliphatic heterocycles. The highest BCUT2D eigenvalue weighted by Crippen LogP contribution is 2.35. The number of carbonyl (C=O) groups excluding carboxylic acids is 3. The Bertz CT molecular complexity index is 890. The molecule has 2 aliphatic rings. The maximum atomic E-state index is 13.0. The number of anilines is 1. The van der Waals surface area contributed by atoms with Crippen LogP contribution in [0.5, 0.6) is 0 Å². The smallest absolute Gasteiger partial charge is 0.295 e. The summed E-state index contributed by atoms with van der Waals surface area (Å²) < 4.78 is 5.25. The van der Waals surface area contributed by atoms with Gasteiger partial charge in [-0.25, -0.2) is 0 Å². The highest BCUT2D eigenvalue weighted by atomic mass is 16.3. The van der Waals surface area contributed by atoms with Gasteiger partial charge in [0.2, 0.25) is 11.8 Å². The fourth-order valence-electron chi connectivity index (χ4n) is 3.74. The summed E-state index contributed by atoms with van der Waals surface area (Å²) in [4.78, 5) is 41.2. The van der Waals surface area contributed by atoms with Crippen molar-refractivity contribution >= 4 is 23.4 Å². The molecule has 3 amide bonds. The van der Waals surface area contributed by atoms with Gasteiger partial charge in [-0.05, 0) is 49.6 Å². The Morgan fingerprint density at radius 1 is 1.11 bits per heavy atom. The van der Waals surface area contributed by atoms with Crippen LogP contribution in [0.1, 0.15) is 29.0 Å². The summed E-state index contributed by atoms with van der Waals surface area (Å²) in [5.41, 5.74) is 1.59. The summed E-state index contributed by atoms with van der Waals surface area (Å²) in [7, 11) is 0. The van der Waals surface area contributed by atoms with E-state index in [0.717, 1.165) is 5.56 Å². The van der Waals surface area contributed by atoms with Crippen LogP contribution in [0.4, 0.5) is 5.69 Å². The Hall–Kier alpha value is -3.15. The predicted octanol–water partition coefficient (Wildman–Crippen LogP) is 3.14. The van der Waals surface area contributed by atoms with E-state index in [1.165, 1.54) is 16.1 Å². The quantitative estimate of drug-likeness (QED) is 0.617. The van der Waals surface area contributed by atoms with Gasteiger partial charge in [0.05, 0.1) is 18.1 Å². The molecule has 0 unspecified atom stereocenters. The van der Waals surface area contributed by atoms with Crippen LogP contribution >= 0.6 is 0 Å². The molecule has 6 heteroatoms. The summed E-state index contributed by atoms with van der Waals surface area (Å²) in [6.07, 6.45) is 6.46. The van der Waals surface area contributed by atoms with Gasteiger partial charge in [0.25, 0.3) is 5.91 Å². The maximum absolute atomic E-state index is 13.0. The number of aryl methyl sites for hydroxylation is 1. The zero-order valence-corrected chi connectivity index (χ0v) is 15.0. The lowest BCUT2D eigenvalue weighted by Gasteiger charge is -2.27. The van der Waals surface area contributed by atoms with Crippen molar-refractivity contribution in [3.8, 4) is 0 Å². The van der Waals surface area contributed by atoms with Gasteiger partial charge in [-0.2, -0.15) is 0 Å². The van der Waals surface area contributed by atoms with Crippen molar-refractivity contribution in [1.29, 1.82) is 0 Å². The van der Waals surface area contributed by atoms with Crippen molar-refractivity contribution in [1.82, 2.24) is 4.90 Å². The van der Waals surface area contributed by atoms with E-state index in [1.54, 1.807) is 18.2 Å². The number of imide groups is 1. The molecule has 0 radical (unpaired) electrons. The van der Waals surface area contributed by atoms with Gasteiger partial charge >= 0.3 is 0 Å². The lowest BCUT2D eigenvalue weighted by molar-refractivity contribution is -0.139. The summed E-state index contributed by atoms with van der Waals surface area (Å²) in [5, 5.41) is 0. The van der Waals surface area contributed by atoms with Crippen molar-refractivity contribution in [3.05, 3.63) is 66.1 Å².